The summed E-state index contributed by atoms with van der Waals surface area (Å²) >= 11 is 6.08. The van der Waals surface area contributed by atoms with Gasteiger partial charge in [0.25, 0.3) is 5.91 Å². The summed E-state index contributed by atoms with van der Waals surface area (Å²) in [5.41, 5.74) is 0.534. The summed E-state index contributed by atoms with van der Waals surface area (Å²) in [6.07, 6.45) is 2.34. The quantitative estimate of drug-likeness (QED) is 0.926. The predicted octanol–water partition coefficient (Wildman–Crippen LogP) is 3.11. The molecule has 1 saturated heterocycles. The smallest absolute Gasteiger partial charge is 0.255 e. The third kappa shape index (κ3) is 4.01. The van der Waals surface area contributed by atoms with Crippen LogP contribution in [0.3, 0.4) is 0 Å². The van der Waals surface area contributed by atoms with E-state index in [4.69, 9.17) is 11.6 Å². The molecule has 1 N–H and O–H groups in total. The molecule has 2 rings (SSSR count). The van der Waals surface area contributed by atoms with Crippen LogP contribution in [0.2, 0.25) is 5.02 Å². The fraction of sp³-hybridized carbons (Fsp3) is 0.529. The van der Waals surface area contributed by atoms with E-state index in [1.807, 2.05) is 19.1 Å². The molecule has 0 saturated carbocycles. The van der Waals surface area contributed by atoms with Gasteiger partial charge in [-0.3, -0.25) is 9.59 Å². The zero-order chi connectivity index (χ0) is 16.1. The Hall–Kier alpha value is -1.55. The Morgan fingerprint density at radius 2 is 1.95 bits per heavy atom. The van der Waals surface area contributed by atoms with E-state index in [0.29, 0.717) is 36.5 Å². The maximum atomic E-state index is 12.5. The van der Waals surface area contributed by atoms with Crippen LogP contribution in [0, 0.1) is 5.92 Å². The largest absolute Gasteiger partial charge is 0.353 e. The molecule has 1 heterocycles. The van der Waals surface area contributed by atoms with E-state index >= 15 is 0 Å². The molecule has 2 amide bonds. The molecule has 0 bridgehead atoms. The molecule has 0 aromatic heterocycles. The molecule has 1 aliphatic heterocycles. The molecule has 1 aromatic rings. The minimum atomic E-state index is -0.0496. The van der Waals surface area contributed by atoms with Crippen LogP contribution in [0.4, 0.5) is 0 Å². The molecule has 1 aliphatic rings. The molecule has 4 nitrogen and oxygen atoms in total. The number of nitrogens with one attached hydrogen (secondary N) is 1. The number of benzene rings is 1. The molecule has 1 atom stereocenters. The summed E-state index contributed by atoms with van der Waals surface area (Å²) in [6, 6.07) is 7.29. The number of carbonyl (C=O) groups excluding carboxylic acids is 2. The number of nitrogens with zero attached hydrogens (tertiary/aromatic N) is 1. The maximum Gasteiger partial charge on any atom is 0.255 e. The highest BCUT2D eigenvalue weighted by Gasteiger charge is 2.28. The number of hydrogen-bond donors (Lipinski definition) is 1. The van der Waals surface area contributed by atoms with Crippen LogP contribution in [-0.4, -0.2) is 35.8 Å². The summed E-state index contributed by atoms with van der Waals surface area (Å²) < 4.78 is 0. The van der Waals surface area contributed by atoms with Crippen molar-refractivity contribution in [2.24, 2.45) is 5.92 Å². The first kappa shape index (κ1) is 16.8. The van der Waals surface area contributed by atoms with Crippen LogP contribution in [0.1, 0.15) is 43.5 Å². The summed E-state index contributed by atoms with van der Waals surface area (Å²) in [6.45, 7) is 5.26. The van der Waals surface area contributed by atoms with Crippen LogP contribution in [-0.2, 0) is 4.79 Å². The molecular weight excluding hydrogens is 300 g/mol. The van der Waals surface area contributed by atoms with Gasteiger partial charge in [0.1, 0.15) is 0 Å². The van der Waals surface area contributed by atoms with Crippen LogP contribution < -0.4 is 5.32 Å². The van der Waals surface area contributed by atoms with Gasteiger partial charge in [-0.15, -0.1) is 0 Å². The van der Waals surface area contributed by atoms with Crippen molar-refractivity contribution >= 4 is 23.4 Å². The number of hydrogen-bond acceptors (Lipinski definition) is 2. The number of piperidine rings is 1. The standard InChI is InChI=1S/C17H23ClN2O2/c1-3-12(2)19-16(21)13-8-10-20(11-9-13)17(22)14-6-4-5-7-15(14)18/h4-7,12-13H,3,8-11H2,1-2H3,(H,19,21)/t12-/m0/s1. The highest BCUT2D eigenvalue weighted by molar-refractivity contribution is 6.33. The van der Waals surface area contributed by atoms with Crippen molar-refractivity contribution < 1.29 is 9.59 Å². The third-order valence-corrected chi connectivity index (χ3v) is 4.59. The molecular formula is C17H23ClN2O2. The Labute approximate surface area is 136 Å². The van der Waals surface area contributed by atoms with Crippen molar-refractivity contribution in [1.82, 2.24) is 10.2 Å². The summed E-state index contributed by atoms with van der Waals surface area (Å²) in [5, 5.41) is 3.50. The van der Waals surface area contributed by atoms with E-state index in [-0.39, 0.29) is 23.8 Å². The van der Waals surface area contributed by atoms with E-state index in [9.17, 15) is 9.59 Å². The monoisotopic (exact) mass is 322 g/mol. The summed E-state index contributed by atoms with van der Waals surface area (Å²) in [5.74, 6) is 0.0647. The number of rotatable bonds is 4. The molecule has 22 heavy (non-hydrogen) atoms. The van der Waals surface area contributed by atoms with Crippen LogP contribution >= 0.6 is 11.6 Å². The van der Waals surface area contributed by atoms with E-state index in [2.05, 4.69) is 12.2 Å². The highest BCUT2D eigenvalue weighted by atomic mass is 35.5. The molecule has 1 aromatic carbocycles. The molecule has 0 unspecified atom stereocenters. The van der Waals surface area contributed by atoms with Gasteiger partial charge in [0.15, 0.2) is 0 Å². The first-order valence-corrected chi connectivity index (χ1v) is 8.25. The Morgan fingerprint density at radius 3 is 2.55 bits per heavy atom. The summed E-state index contributed by atoms with van der Waals surface area (Å²) in [4.78, 5) is 26.4. The fourth-order valence-electron chi connectivity index (χ4n) is 2.61. The Kier molecular flexibility index (Phi) is 5.83. The van der Waals surface area contributed by atoms with E-state index < -0.39 is 0 Å². The van der Waals surface area contributed by atoms with Crippen molar-refractivity contribution in [2.45, 2.75) is 39.2 Å². The van der Waals surface area contributed by atoms with Gasteiger partial charge in [-0.05, 0) is 38.3 Å². The minimum Gasteiger partial charge on any atom is -0.353 e. The van der Waals surface area contributed by atoms with Gasteiger partial charge >= 0.3 is 0 Å². The Balaban J connectivity index is 1.91. The lowest BCUT2D eigenvalue weighted by Gasteiger charge is -2.32. The van der Waals surface area contributed by atoms with E-state index in [1.165, 1.54) is 0 Å². The molecule has 120 valence electrons. The zero-order valence-electron chi connectivity index (χ0n) is 13.1. The second-order valence-electron chi connectivity index (χ2n) is 5.86. The number of amides is 2. The van der Waals surface area contributed by atoms with Gasteiger partial charge in [0.05, 0.1) is 10.6 Å². The second kappa shape index (κ2) is 7.63. The van der Waals surface area contributed by atoms with Gasteiger partial charge in [0, 0.05) is 25.0 Å². The lowest BCUT2D eigenvalue weighted by atomic mass is 9.95. The molecule has 1 fully saturated rings. The lowest BCUT2D eigenvalue weighted by Crippen LogP contribution is -2.44. The Morgan fingerprint density at radius 1 is 1.32 bits per heavy atom. The normalized spacial score (nSPS) is 17.1. The van der Waals surface area contributed by atoms with Crippen molar-refractivity contribution in [2.75, 3.05) is 13.1 Å². The minimum absolute atomic E-state index is 0.00398. The second-order valence-corrected chi connectivity index (χ2v) is 6.27. The predicted molar refractivity (Wildman–Crippen MR) is 88.0 cm³/mol. The van der Waals surface area contributed by atoms with Gasteiger partial charge in [-0.2, -0.15) is 0 Å². The van der Waals surface area contributed by atoms with E-state index in [0.717, 1.165) is 6.42 Å². The van der Waals surface area contributed by atoms with Crippen molar-refractivity contribution in [3.63, 3.8) is 0 Å². The fourth-order valence-corrected chi connectivity index (χ4v) is 2.83. The van der Waals surface area contributed by atoms with Crippen LogP contribution in [0.25, 0.3) is 0 Å². The first-order chi connectivity index (χ1) is 10.5. The van der Waals surface area contributed by atoms with Crippen molar-refractivity contribution in [3.8, 4) is 0 Å². The number of halogens is 1. The highest BCUT2D eigenvalue weighted by Crippen LogP contribution is 2.22. The molecule has 0 spiro atoms. The molecule has 0 radical (unpaired) electrons. The van der Waals surface area contributed by atoms with Crippen molar-refractivity contribution in [3.05, 3.63) is 34.9 Å². The molecule has 0 aliphatic carbocycles. The molecule has 5 heteroatoms. The van der Waals surface area contributed by atoms with Gasteiger partial charge in [0.2, 0.25) is 5.91 Å². The van der Waals surface area contributed by atoms with Crippen molar-refractivity contribution in [1.29, 1.82) is 0 Å². The number of carbonyl (C=O) groups is 2. The Bertz CT molecular complexity index is 539. The SMILES string of the molecule is CC[C@H](C)NC(=O)C1CCN(C(=O)c2ccccc2Cl)CC1. The lowest BCUT2D eigenvalue weighted by molar-refractivity contribution is -0.126. The van der Waals surface area contributed by atoms with Gasteiger partial charge in [-0.1, -0.05) is 30.7 Å². The summed E-state index contributed by atoms with van der Waals surface area (Å²) in [7, 11) is 0. The number of likely N-dealkylation sites (tertiary alicyclic amines) is 1. The topological polar surface area (TPSA) is 49.4 Å². The first-order valence-electron chi connectivity index (χ1n) is 7.87. The van der Waals surface area contributed by atoms with Crippen LogP contribution in [0.5, 0.6) is 0 Å². The third-order valence-electron chi connectivity index (χ3n) is 4.26. The van der Waals surface area contributed by atoms with Crippen LogP contribution in [0.15, 0.2) is 24.3 Å². The van der Waals surface area contributed by atoms with E-state index in [1.54, 1.807) is 17.0 Å². The zero-order valence-corrected chi connectivity index (χ0v) is 13.9. The average Bonchev–Trinajstić information content (AvgIpc) is 2.54. The van der Waals surface area contributed by atoms with Gasteiger partial charge in [-0.25, -0.2) is 0 Å². The van der Waals surface area contributed by atoms with Gasteiger partial charge < -0.3 is 10.2 Å². The maximum absolute atomic E-state index is 12.5. The average molecular weight is 323 g/mol.